The number of rotatable bonds is 4. The first-order valence-corrected chi connectivity index (χ1v) is 9.46. The molecule has 6 heteroatoms. The summed E-state index contributed by atoms with van der Waals surface area (Å²) < 4.78 is 26.6. The number of carbonyl (C=O) groups is 1. The summed E-state index contributed by atoms with van der Waals surface area (Å²) in [6.45, 7) is 2.47. The average molecular weight is 344 g/mol. The van der Waals surface area contributed by atoms with Gasteiger partial charge in [-0.2, -0.15) is 4.31 Å². The fourth-order valence-corrected chi connectivity index (χ4v) is 4.40. The first kappa shape index (κ1) is 16.7. The third-order valence-corrected chi connectivity index (χ3v) is 6.02. The Bertz CT molecular complexity index is 834. The van der Waals surface area contributed by atoms with E-state index in [4.69, 9.17) is 0 Å². The number of piperazine rings is 1. The minimum atomic E-state index is -3.51. The van der Waals surface area contributed by atoms with E-state index in [9.17, 15) is 13.2 Å². The second kappa shape index (κ2) is 6.75. The van der Waals surface area contributed by atoms with Crippen LogP contribution in [0.4, 0.5) is 5.69 Å². The zero-order valence-electron chi connectivity index (χ0n) is 13.6. The van der Waals surface area contributed by atoms with E-state index in [0.29, 0.717) is 13.1 Å². The summed E-state index contributed by atoms with van der Waals surface area (Å²) in [4.78, 5) is 14.0. The van der Waals surface area contributed by atoms with Crippen LogP contribution in [0.15, 0.2) is 54.6 Å². The number of nitrogens with zero attached hydrogens (tertiary/aromatic N) is 2. The molecule has 1 amide bonds. The zero-order valence-corrected chi connectivity index (χ0v) is 14.4. The average Bonchev–Trinajstić information content (AvgIpc) is 2.57. The van der Waals surface area contributed by atoms with Crippen LogP contribution in [0.3, 0.4) is 0 Å². The van der Waals surface area contributed by atoms with Crippen LogP contribution in [0.1, 0.15) is 11.1 Å². The van der Waals surface area contributed by atoms with Crippen LogP contribution in [-0.2, 0) is 20.6 Å². The lowest BCUT2D eigenvalue weighted by Crippen LogP contribution is -2.52. The van der Waals surface area contributed by atoms with Gasteiger partial charge in [0.15, 0.2) is 0 Å². The van der Waals surface area contributed by atoms with E-state index in [1.165, 1.54) is 4.31 Å². The predicted molar refractivity (Wildman–Crippen MR) is 94.2 cm³/mol. The van der Waals surface area contributed by atoms with Crippen molar-refractivity contribution < 1.29 is 13.2 Å². The molecule has 0 N–H and O–H groups in total. The summed E-state index contributed by atoms with van der Waals surface area (Å²) in [5.74, 6) is -0.265. The maximum atomic E-state index is 12.7. The summed E-state index contributed by atoms with van der Waals surface area (Å²) in [7, 11) is -3.51. The minimum Gasteiger partial charge on any atom is -0.310 e. The van der Waals surface area contributed by atoms with Gasteiger partial charge in [-0.3, -0.25) is 4.79 Å². The summed E-state index contributed by atoms with van der Waals surface area (Å²) in [6.07, 6.45) is 0. The molecule has 0 aliphatic carbocycles. The van der Waals surface area contributed by atoms with Crippen LogP contribution >= 0.6 is 0 Å². The quantitative estimate of drug-likeness (QED) is 0.854. The van der Waals surface area contributed by atoms with E-state index in [1.807, 2.05) is 61.5 Å². The van der Waals surface area contributed by atoms with Crippen molar-refractivity contribution in [2.45, 2.75) is 12.7 Å². The molecule has 24 heavy (non-hydrogen) atoms. The Balaban J connectivity index is 1.73. The number of carbonyl (C=O) groups excluding carboxylic acids is 1. The highest BCUT2D eigenvalue weighted by Crippen LogP contribution is 2.20. The molecule has 1 aliphatic rings. The summed E-state index contributed by atoms with van der Waals surface area (Å²) in [5.41, 5.74) is 2.52. The van der Waals surface area contributed by atoms with Gasteiger partial charge < -0.3 is 4.90 Å². The van der Waals surface area contributed by atoms with Crippen molar-refractivity contribution in [3.63, 3.8) is 0 Å². The molecule has 5 nitrogen and oxygen atoms in total. The molecule has 2 aromatic rings. The fourth-order valence-electron chi connectivity index (χ4n) is 2.83. The highest BCUT2D eigenvalue weighted by atomic mass is 32.2. The number of sulfonamides is 1. The van der Waals surface area contributed by atoms with Gasteiger partial charge in [-0.15, -0.1) is 0 Å². The zero-order chi connectivity index (χ0) is 17.2. The van der Waals surface area contributed by atoms with Gasteiger partial charge in [0.25, 0.3) is 0 Å². The van der Waals surface area contributed by atoms with Crippen molar-refractivity contribution in [2.75, 3.05) is 24.5 Å². The Morgan fingerprint density at radius 1 is 0.958 bits per heavy atom. The molecule has 2 aromatic carbocycles. The van der Waals surface area contributed by atoms with E-state index in [1.54, 1.807) is 4.90 Å². The first-order chi connectivity index (χ1) is 11.5. The van der Waals surface area contributed by atoms with E-state index >= 15 is 0 Å². The smallest absolute Gasteiger partial charge is 0.242 e. The van der Waals surface area contributed by atoms with Gasteiger partial charge in [0.1, 0.15) is 0 Å². The SMILES string of the molecule is Cc1ccccc1CS(=O)(=O)N1CCN(c2ccccc2)C(=O)C1. The Morgan fingerprint density at radius 3 is 2.29 bits per heavy atom. The molecule has 1 saturated heterocycles. The van der Waals surface area contributed by atoms with Gasteiger partial charge in [-0.05, 0) is 30.2 Å². The van der Waals surface area contributed by atoms with Crippen molar-refractivity contribution in [3.05, 3.63) is 65.7 Å². The number of anilines is 1. The normalized spacial score (nSPS) is 16.4. The van der Waals surface area contributed by atoms with E-state index < -0.39 is 10.0 Å². The van der Waals surface area contributed by atoms with Crippen molar-refractivity contribution in [1.29, 1.82) is 0 Å². The number of para-hydroxylation sites is 1. The molecule has 1 aliphatic heterocycles. The molecule has 0 saturated carbocycles. The monoisotopic (exact) mass is 344 g/mol. The lowest BCUT2D eigenvalue weighted by molar-refractivity contribution is -0.119. The highest BCUT2D eigenvalue weighted by molar-refractivity contribution is 7.88. The number of hydrogen-bond acceptors (Lipinski definition) is 3. The summed E-state index contributed by atoms with van der Waals surface area (Å²) in [6, 6.07) is 16.7. The third kappa shape index (κ3) is 3.49. The van der Waals surface area contributed by atoms with Gasteiger partial charge in [0, 0.05) is 18.8 Å². The Hall–Kier alpha value is -2.18. The lowest BCUT2D eigenvalue weighted by Gasteiger charge is -2.33. The van der Waals surface area contributed by atoms with Crippen molar-refractivity contribution in [3.8, 4) is 0 Å². The summed E-state index contributed by atoms with van der Waals surface area (Å²) in [5, 5.41) is 0. The van der Waals surface area contributed by atoms with Crippen LogP contribution in [0.5, 0.6) is 0 Å². The van der Waals surface area contributed by atoms with Gasteiger partial charge in [-0.25, -0.2) is 8.42 Å². The number of aryl methyl sites for hydroxylation is 1. The minimum absolute atomic E-state index is 0.0711. The van der Waals surface area contributed by atoms with Crippen LogP contribution in [0, 0.1) is 6.92 Å². The summed E-state index contributed by atoms with van der Waals surface area (Å²) >= 11 is 0. The van der Waals surface area contributed by atoms with E-state index in [0.717, 1.165) is 16.8 Å². The maximum absolute atomic E-state index is 12.7. The lowest BCUT2D eigenvalue weighted by atomic mass is 10.1. The second-order valence-corrected chi connectivity index (χ2v) is 7.87. The van der Waals surface area contributed by atoms with Gasteiger partial charge in [0.05, 0.1) is 12.3 Å². The van der Waals surface area contributed by atoms with Crippen LogP contribution in [0.2, 0.25) is 0 Å². The largest absolute Gasteiger partial charge is 0.310 e. The molecule has 0 bridgehead atoms. The first-order valence-electron chi connectivity index (χ1n) is 7.85. The molecule has 0 aromatic heterocycles. The number of benzene rings is 2. The molecule has 0 radical (unpaired) electrons. The van der Waals surface area contributed by atoms with Gasteiger partial charge in [-0.1, -0.05) is 42.5 Å². The molecule has 1 fully saturated rings. The standard InChI is InChI=1S/C18H20N2O3S/c1-15-7-5-6-8-16(15)14-24(22,23)19-11-12-20(18(21)13-19)17-9-3-2-4-10-17/h2-10H,11-14H2,1H3. The van der Waals surface area contributed by atoms with Crippen molar-refractivity contribution >= 4 is 21.6 Å². The molecule has 126 valence electrons. The Labute approximate surface area is 142 Å². The molecular weight excluding hydrogens is 324 g/mol. The molecule has 3 rings (SSSR count). The third-order valence-electron chi connectivity index (χ3n) is 4.25. The molecular formula is C18H20N2O3S. The fraction of sp³-hybridized carbons (Fsp3) is 0.278. The highest BCUT2D eigenvalue weighted by Gasteiger charge is 2.32. The maximum Gasteiger partial charge on any atom is 0.242 e. The molecule has 0 spiro atoms. The molecule has 0 atom stereocenters. The number of amides is 1. The van der Waals surface area contributed by atoms with Crippen molar-refractivity contribution in [1.82, 2.24) is 4.31 Å². The van der Waals surface area contributed by atoms with Gasteiger partial charge >= 0.3 is 0 Å². The molecule has 0 unspecified atom stereocenters. The van der Waals surface area contributed by atoms with Gasteiger partial charge in [0.2, 0.25) is 15.9 Å². The topological polar surface area (TPSA) is 57.7 Å². The van der Waals surface area contributed by atoms with E-state index in [2.05, 4.69) is 0 Å². The van der Waals surface area contributed by atoms with Crippen LogP contribution in [-0.4, -0.2) is 38.3 Å². The second-order valence-electron chi connectivity index (χ2n) is 5.90. The van der Waals surface area contributed by atoms with Crippen LogP contribution < -0.4 is 4.90 Å². The predicted octanol–water partition coefficient (Wildman–Crippen LogP) is 2.17. The van der Waals surface area contributed by atoms with Crippen molar-refractivity contribution in [2.24, 2.45) is 0 Å². The Morgan fingerprint density at radius 2 is 1.62 bits per heavy atom. The Kier molecular flexibility index (Phi) is 4.69. The molecule has 1 heterocycles. The number of hydrogen-bond donors (Lipinski definition) is 0. The van der Waals surface area contributed by atoms with E-state index in [-0.39, 0.29) is 18.2 Å². The van der Waals surface area contributed by atoms with Crippen LogP contribution in [0.25, 0.3) is 0 Å².